The van der Waals surface area contributed by atoms with E-state index in [0.717, 1.165) is 15.8 Å². The van der Waals surface area contributed by atoms with Crippen molar-refractivity contribution >= 4 is 37.5 Å². The van der Waals surface area contributed by atoms with Gasteiger partial charge in [0.25, 0.3) is 0 Å². The summed E-state index contributed by atoms with van der Waals surface area (Å²) in [5.41, 5.74) is 7.20. The van der Waals surface area contributed by atoms with Gasteiger partial charge in [-0.3, -0.25) is 4.79 Å². The standard InChI is InChI=1S/C20H24BrN3O4S/c1-15-14-17(4-7-19(15)21)28-13-8-20(25)23-9-11-24(12-10-23)29(26,27)18-5-2-16(22)3-6-18/h2-7,14H,8-13,22H2,1H3. The maximum Gasteiger partial charge on any atom is 0.243 e. The molecule has 3 rings (SSSR count). The van der Waals surface area contributed by atoms with Crippen molar-refractivity contribution in [3.63, 3.8) is 0 Å². The van der Waals surface area contributed by atoms with Crippen molar-refractivity contribution in [2.24, 2.45) is 0 Å². The van der Waals surface area contributed by atoms with Gasteiger partial charge in [0.2, 0.25) is 15.9 Å². The van der Waals surface area contributed by atoms with E-state index in [9.17, 15) is 13.2 Å². The van der Waals surface area contributed by atoms with E-state index in [4.69, 9.17) is 10.5 Å². The molecule has 1 saturated heterocycles. The molecule has 0 aromatic heterocycles. The van der Waals surface area contributed by atoms with Gasteiger partial charge in [0.15, 0.2) is 0 Å². The zero-order valence-corrected chi connectivity index (χ0v) is 18.6. The van der Waals surface area contributed by atoms with Crippen molar-refractivity contribution in [3.8, 4) is 5.75 Å². The first-order chi connectivity index (χ1) is 13.8. The largest absolute Gasteiger partial charge is 0.493 e. The molecule has 1 heterocycles. The van der Waals surface area contributed by atoms with E-state index >= 15 is 0 Å². The topological polar surface area (TPSA) is 92.9 Å². The number of benzene rings is 2. The Balaban J connectivity index is 1.49. The van der Waals surface area contributed by atoms with Gasteiger partial charge in [-0.15, -0.1) is 0 Å². The first kappa shape index (κ1) is 21.6. The lowest BCUT2D eigenvalue weighted by atomic mass is 10.2. The molecule has 9 heteroatoms. The van der Waals surface area contributed by atoms with Crippen molar-refractivity contribution in [2.45, 2.75) is 18.2 Å². The van der Waals surface area contributed by atoms with Crippen molar-refractivity contribution in [3.05, 3.63) is 52.5 Å². The van der Waals surface area contributed by atoms with Crippen LogP contribution < -0.4 is 10.5 Å². The highest BCUT2D eigenvalue weighted by atomic mass is 79.9. The second kappa shape index (κ2) is 9.15. The number of carbonyl (C=O) groups excluding carboxylic acids is 1. The number of ether oxygens (including phenoxy) is 1. The molecule has 2 N–H and O–H groups in total. The summed E-state index contributed by atoms with van der Waals surface area (Å²) < 4.78 is 33.5. The fraction of sp³-hybridized carbons (Fsp3) is 0.350. The number of rotatable bonds is 6. The molecular formula is C20H24BrN3O4S. The van der Waals surface area contributed by atoms with Crippen LogP contribution in [0.5, 0.6) is 5.75 Å². The fourth-order valence-electron chi connectivity index (χ4n) is 3.09. The number of aryl methyl sites for hydroxylation is 1. The average molecular weight is 482 g/mol. The SMILES string of the molecule is Cc1cc(OCCC(=O)N2CCN(S(=O)(=O)c3ccc(N)cc3)CC2)ccc1Br. The summed E-state index contributed by atoms with van der Waals surface area (Å²) in [7, 11) is -3.58. The van der Waals surface area contributed by atoms with Crippen LogP contribution in [-0.2, 0) is 14.8 Å². The molecule has 0 aliphatic carbocycles. The van der Waals surface area contributed by atoms with E-state index in [1.54, 1.807) is 17.0 Å². The van der Waals surface area contributed by atoms with Gasteiger partial charge in [0.05, 0.1) is 17.9 Å². The lowest BCUT2D eigenvalue weighted by molar-refractivity contribution is -0.132. The van der Waals surface area contributed by atoms with Gasteiger partial charge < -0.3 is 15.4 Å². The van der Waals surface area contributed by atoms with E-state index in [-0.39, 0.29) is 36.9 Å². The summed E-state index contributed by atoms with van der Waals surface area (Å²) >= 11 is 3.44. The molecule has 29 heavy (non-hydrogen) atoms. The molecule has 1 aliphatic heterocycles. The number of sulfonamides is 1. The Morgan fingerprint density at radius 3 is 2.38 bits per heavy atom. The second-order valence-electron chi connectivity index (χ2n) is 6.86. The van der Waals surface area contributed by atoms with E-state index in [1.807, 2.05) is 25.1 Å². The Hall–Kier alpha value is -2.10. The monoisotopic (exact) mass is 481 g/mol. The molecule has 0 saturated carbocycles. The van der Waals surface area contributed by atoms with Crippen LogP contribution in [0.15, 0.2) is 51.8 Å². The molecule has 1 aliphatic rings. The molecule has 0 spiro atoms. The zero-order chi connectivity index (χ0) is 21.0. The Bertz CT molecular complexity index is 972. The molecule has 7 nitrogen and oxygen atoms in total. The Kier molecular flexibility index (Phi) is 6.81. The minimum atomic E-state index is -3.58. The summed E-state index contributed by atoms with van der Waals surface area (Å²) in [5.74, 6) is 0.682. The Morgan fingerprint density at radius 2 is 1.76 bits per heavy atom. The van der Waals surface area contributed by atoms with E-state index in [1.165, 1.54) is 16.4 Å². The number of piperazine rings is 1. The van der Waals surface area contributed by atoms with Gasteiger partial charge in [0.1, 0.15) is 5.75 Å². The first-order valence-corrected chi connectivity index (χ1v) is 11.5. The third-order valence-corrected chi connectivity index (χ3v) is 7.63. The highest BCUT2D eigenvalue weighted by molar-refractivity contribution is 9.10. The third kappa shape index (κ3) is 5.29. The van der Waals surface area contributed by atoms with E-state index in [2.05, 4.69) is 15.9 Å². The van der Waals surface area contributed by atoms with Crippen molar-refractivity contribution < 1.29 is 17.9 Å². The maximum absolute atomic E-state index is 12.7. The predicted octanol–water partition coefficient (Wildman–Crippen LogP) is 2.64. The van der Waals surface area contributed by atoms with Crippen LogP contribution >= 0.6 is 15.9 Å². The van der Waals surface area contributed by atoms with Gasteiger partial charge in [-0.25, -0.2) is 8.42 Å². The number of hydrogen-bond donors (Lipinski definition) is 1. The van der Waals surface area contributed by atoms with Crippen molar-refractivity contribution in [2.75, 3.05) is 38.5 Å². The number of nitrogens with zero attached hydrogens (tertiary/aromatic N) is 2. The van der Waals surface area contributed by atoms with Gasteiger partial charge in [-0.05, 0) is 55.0 Å². The molecule has 1 fully saturated rings. The second-order valence-corrected chi connectivity index (χ2v) is 9.66. The number of hydrogen-bond acceptors (Lipinski definition) is 5. The van der Waals surface area contributed by atoms with Crippen molar-refractivity contribution in [1.29, 1.82) is 0 Å². The molecule has 0 bridgehead atoms. The molecule has 156 valence electrons. The smallest absolute Gasteiger partial charge is 0.243 e. The first-order valence-electron chi connectivity index (χ1n) is 9.30. The number of halogens is 1. The number of nitrogens with two attached hydrogens (primary N) is 1. The third-order valence-electron chi connectivity index (χ3n) is 4.82. The highest BCUT2D eigenvalue weighted by Gasteiger charge is 2.29. The van der Waals surface area contributed by atoms with E-state index < -0.39 is 10.0 Å². The quantitative estimate of drug-likeness (QED) is 0.640. The number of amides is 1. The molecule has 0 radical (unpaired) electrons. The number of nitrogen functional groups attached to an aromatic ring is 1. The summed E-state index contributed by atoms with van der Waals surface area (Å²) in [6.45, 7) is 3.52. The summed E-state index contributed by atoms with van der Waals surface area (Å²) in [6, 6.07) is 11.8. The predicted molar refractivity (Wildman–Crippen MR) is 115 cm³/mol. The van der Waals surface area contributed by atoms with E-state index in [0.29, 0.717) is 18.8 Å². The van der Waals surface area contributed by atoms with Crippen LogP contribution in [0.1, 0.15) is 12.0 Å². The minimum Gasteiger partial charge on any atom is -0.493 e. The van der Waals surface area contributed by atoms with Gasteiger partial charge >= 0.3 is 0 Å². The molecule has 0 atom stereocenters. The molecular weight excluding hydrogens is 458 g/mol. The van der Waals surface area contributed by atoms with Crippen LogP contribution in [0, 0.1) is 6.92 Å². The maximum atomic E-state index is 12.7. The Morgan fingerprint density at radius 1 is 1.10 bits per heavy atom. The van der Waals surface area contributed by atoms with Crippen LogP contribution in [0.4, 0.5) is 5.69 Å². The zero-order valence-electron chi connectivity index (χ0n) is 16.2. The summed E-state index contributed by atoms with van der Waals surface area (Å²) in [5, 5.41) is 0. The lowest BCUT2D eigenvalue weighted by Crippen LogP contribution is -2.50. The highest BCUT2D eigenvalue weighted by Crippen LogP contribution is 2.22. The average Bonchev–Trinajstić information content (AvgIpc) is 2.71. The normalized spacial score (nSPS) is 15.3. The molecule has 0 unspecified atom stereocenters. The van der Waals surface area contributed by atoms with Gasteiger partial charge in [-0.1, -0.05) is 15.9 Å². The van der Waals surface area contributed by atoms with Crippen LogP contribution in [-0.4, -0.2) is 56.3 Å². The number of anilines is 1. The molecule has 2 aromatic rings. The van der Waals surface area contributed by atoms with Crippen molar-refractivity contribution in [1.82, 2.24) is 9.21 Å². The molecule has 1 amide bonds. The van der Waals surface area contributed by atoms with Gasteiger partial charge in [0, 0.05) is 36.3 Å². The summed E-state index contributed by atoms with van der Waals surface area (Å²) in [4.78, 5) is 14.3. The van der Waals surface area contributed by atoms with Crippen LogP contribution in [0.2, 0.25) is 0 Å². The minimum absolute atomic E-state index is 0.0385. The van der Waals surface area contributed by atoms with Crippen LogP contribution in [0.25, 0.3) is 0 Å². The van der Waals surface area contributed by atoms with Gasteiger partial charge in [-0.2, -0.15) is 4.31 Å². The molecule has 2 aromatic carbocycles. The van der Waals surface area contributed by atoms with Crippen LogP contribution in [0.3, 0.4) is 0 Å². The number of carbonyl (C=O) groups is 1. The lowest BCUT2D eigenvalue weighted by Gasteiger charge is -2.34. The summed E-state index contributed by atoms with van der Waals surface area (Å²) in [6.07, 6.45) is 0.250. The fourth-order valence-corrected chi connectivity index (χ4v) is 4.76. The Labute approximate surface area is 179 Å².